The molecule has 0 aliphatic carbocycles. The summed E-state index contributed by atoms with van der Waals surface area (Å²) in [6, 6.07) is 15.0. The van der Waals surface area contributed by atoms with Crippen molar-refractivity contribution in [2.75, 3.05) is 19.6 Å². The number of nitrogens with zero attached hydrogens (tertiary/aromatic N) is 1. The van der Waals surface area contributed by atoms with Gasteiger partial charge in [0.1, 0.15) is 11.5 Å². The third-order valence-electron chi connectivity index (χ3n) is 5.28. The van der Waals surface area contributed by atoms with Gasteiger partial charge in [-0.2, -0.15) is 0 Å². The Bertz CT molecular complexity index is 726. The zero-order chi connectivity index (χ0) is 18.4. The van der Waals surface area contributed by atoms with Crippen LogP contribution in [0.3, 0.4) is 0 Å². The Morgan fingerprint density at radius 3 is 1.77 bits per heavy atom. The van der Waals surface area contributed by atoms with Gasteiger partial charge >= 0.3 is 0 Å². The maximum Gasteiger partial charge on any atom is 0.115 e. The Morgan fingerprint density at radius 1 is 0.769 bits per heavy atom. The Labute approximate surface area is 156 Å². The van der Waals surface area contributed by atoms with Gasteiger partial charge in [-0.3, -0.25) is 0 Å². The molecule has 0 aromatic heterocycles. The molecule has 0 spiro atoms. The summed E-state index contributed by atoms with van der Waals surface area (Å²) in [5.74, 6) is 0.593. The molecule has 138 valence electrons. The zero-order valence-electron chi connectivity index (χ0n) is 15.6. The average Bonchev–Trinajstić information content (AvgIpc) is 2.68. The first-order chi connectivity index (χ1) is 12.7. The Hall–Kier alpha value is -2.26. The van der Waals surface area contributed by atoms with Gasteiger partial charge in [0.15, 0.2) is 0 Å². The van der Waals surface area contributed by atoms with Crippen molar-refractivity contribution in [1.29, 1.82) is 0 Å². The van der Waals surface area contributed by atoms with Crippen LogP contribution in [0.5, 0.6) is 11.5 Å². The second-order valence-electron chi connectivity index (χ2n) is 7.06. The van der Waals surface area contributed by atoms with E-state index in [9.17, 15) is 10.2 Å². The summed E-state index contributed by atoms with van der Waals surface area (Å²) in [5, 5.41) is 19.3. The maximum atomic E-state index is 9.66. The minimum atomic E-state index is 0.295. The maximum absolute atomic E-state index is 9.66. The molecule has 2 N–H and O–H groups in total. The number of aromatic hydroxyl groups is 2. The standard InChI is InChI=1S/C23H29NO2/c1-2-22(18-6-10-20(25)11-7-18)23(19-8-12-21(26)13-9-19)14-17-24-15-4-3-5-16-24/h6-13,25-26H,2-5,14-17H2,1H3/b23-22+. The van der Waals surface area contributed by atoms with Crippen LogP contribution in [-0.2, 0) is 0 Å². The third-order valence-corrected chi connectivity index (χ3v) is 5.28. The first-order valence-corrected chi connectivity index (χ1v) is 9.70. The highest BCUT2D eigenvalue weighted by Gasteiger charge is 2.15. The molecule has 2 aromatic rings. The van der Waals surface area contributed by atoms with Gasteiger partial charge in [0.25, 0.3) is 0 Å². The van der Waals surface area contributed by atoms with Crippen LogP contribution in [0.1, 0.15) is 50.2 Å². The van der Waals surface area contributed by atoms with E-state index in [0.717, 1.165) is 24.9 Å². The summed E-state index contributed by atoms with van der Waals surface area (Å²) in [5.41, 5.74) is 4.98. The van der Waals surface area contributed by atoms with Crippen molar-refractivity contribution < 1.29 is 10.2 Å². The molecule has 3 rings (SSSR count). The Balaban J connectivity index is 1.93. The van der Waals surface area contributed by atoms with Crippen LogP contribution in [0.25, 0.3) is 11.1 Å². The van der Waals surface area contributed by atoms with E-state index in [-0.39, 0.29) is 0 Å². The number of benzene rings is 2. The number of phenolic OH excluding ortho intramolecular Hbond substituents is 2. The molecule has 0 atom stereocenters. The largest absolute Gasteiger partial charge is 0.508 e. The fraction of sp³-hybridized carbons (Fsp3) is 0.391. The number of piperidine rings is 1. The highest BCUT2D eigenvalue weighted by atomic mass is 16.3. The van der Waals surface area contributed by atoms with Gasteiger partial charge in [0.2, 0.25) is 0 Å². The summed E-state index contributed by atoms with van der Waals surface area (Å²) in [7, 11) is 0. The summed E-state index contributed by atoms with van der Waals surface area (Å²) in [6.45, 7) is 5.65. The van der Waals surface area contributed by atoms with Crippen LogP contribution in [0.2, 0.25) is 0 Å². The van der Waals surface area contributed by atoms with Gasteiger partial charge in [0.05, 0.1) is 0 Å². The highest BCUT2D eigenvalue weighted by Crippen LogP contribution is 2.33. The van der Waals surface area contributed by atoms with Crippen LogP contribution >= 0.6 is 0 Å². The Kier molecular flexibility index (Phi) is 6.35. The van der Waals surface area contributed by atoms with Crippen LogP contribution in [0.4, 0.5) is 0 Å². The van der Waals surface area contributed by atoms with E-state index < -0.39 is 0 Å². The van der Waals surface area contributed by atoms with Crippen molar-refractivity contribution >= 4 is 11.1 Å². The first kappa shape index (κ1) is 18.5. The van der Waals surface area contributed by atoms with Crippen molar-refractivity contribution in [3.8, 4) is 11.5 Å². The summed E-state index contributed by atoms with van der Waals surface area (Å²) < 4.78 is 0. The molecule has 0 unspecified atom stereocenters. The quantitative estimate of drug-likeness (QED) is 0.695. The molecular formula is C23H29NO2. The molecule has 0 saturated carbocycles. The predicted molar refractivity (Wildman–Crippen MR) is 108 cm³/mol. The fourth-order valence-corrected chi connectivity index (χ4v) is 3.84. The van der Waals surface area contributed by atoms with E-state index in [1.807, 2.05) is 24.3 Å². The van der Waals surface area contributed by atoms with Gasteiger partial charge in [0, 0.05) is 6.54 Å². The molecule has 0 radical (unpaired) electrons. The first-order valence-electron chi connectivity index (χ1n) is 9.70. The molecule has 1 aliphatic heterocycles. The van der Waals surface area contributed by atoms with E-state index in [1.54, 1.807) is 24.3 Å². The zero-order valence-corrected chi connectivity index (χ0v) is 15.6. The van der Waals surface area contributed by atoms with Crippen molar-refractivity contribution in [2.45, 2.75) is 39.0 Å². The van der Waals surface area contributed by atoms with Gasteiger partial charge in [-0.1, -0.05) is 37.6 Å². The molecule has 0 amide bonds. The van der Waals surface area contributed by atoms with E-state index >= 15 is 0 Å². The molecule has 1 heterocycles. The topological polar surface area (TPSA) is 43.7 Å². The second-order valence-corrected chi connectivity index (χ2v) is 7.06. The molecule has 3 nitrogen and oxygen atoms in total. The molecule has 3 heteroatoms. The van der Waals surface area contributed by atoms with E-state index in [2.05, 4.69) is 11.8 Å². The number of likely N-dealkylation sites (tertiary alicyclic amines) is 1. The Morgan fingerprint density at radius 2 is 1.27 bits per heavy atom. The SMILES string of the molecule is CC/C(=C(/CCN1CCCCC1)c1ccc(O)cc1)c1ccc(O)cc1. The molecule has 2 aromatic carbocycles. The third kappa shape index (κ3) is 4.67. The summed E-state index contributed by atoms with van der Waals surface area (Å²) in [6.07, 6.45) is 5.88. The van der Waals surface area contributed by atoms with Gasteiger partial charge < -0.3 is 15.1 Å². The molecule has 26 heavy (non-hydrogen) atoms. The van der Waals surface area contributed by atoms with Gasteiger partial charge in [-0.05, 0) is 85.3 Å². The number of hydrogen-bond donors (Lipinski definition) is 2. The van der Waals surface area contributed by atoms with Crippen LogP contribution in [0, 0.1) is 0 Å². The van der Waals surface area contributed by atoms with Crippen molar-refractivity contribution in [2.24, 2.45) is 0 Å². The number of rotatable bonds is 6. The van der Waals surface area contributed by atoms with E-state index in [1.165, 1.54) is 49.1 Å². The normalized spacial score (nSPS) is 16.3. The lowest BCUT2D eigenvalue weighted by molar-refractivity contribution is 0.234. The number of allylic oxidation sites excluding steroid dienone is 1. The lowest BCUT2D eigenvalue weighted by Gasteiger charge is -2.27. The van der Waals surface area contributed by atoms with Crippen LogP contribution in [-0.4, -0.2) is 34.7 Å². The molecule has 0 bridgehead atoms. The van der Waals surface area contributed by atoms with Gasteiger partial charge in [-0.25, -0.2) is 0 Å². The summed E-state index contributed by atoms with van der Waals surface area (Å²) >= 11 is 0. The second kappa shape index (κ2) is 8.91. The lowest BCUT2D eigenvalue weighted by atomic mass is 9.90. The minimum absolute atomic E-state index is 0.295. The molecule has 1 fully saturated rings. The molecular weight excluding hydrogens is 322 g/mol. The fourth-order valence-electron chi connectivity index (χ4n) is 3.84. The van der Waals surface area contributed by atoms with Crippen molar-refractivity contribution in [3.05, 3.63) is 59.7 Å². The van der Waals surface area contributed by atoms with E-state index in [0.29, 0.717) is 11.5 Å². The minimum Gasteiger partial charge on any atom is -0.508 e. The van der Waals surface area contributed by atoms with Crippen LogP contribution in [0.15, 0.2) is 48.5 Å². The lowest BCUT2D eigenvalue weighted by Crippen LogP contribution is -2.30. The van der Waals surface area contributed by atoms with Gasteiger partial charge in [-0.15, -0.1) is 0 Å². The molecule has 1 saturated heterocycles. The smallest absolute Gasteiger partial charge is 0.115 e. The van der Waals surface area contributed by atoms with E-state index in [4.69, 9.17) is 0 Å². The number of hydrogen-bond acceptors (Lipinski definition) is 3. The van der Waals surface area contributed by atoms with Crippen molar-refractivity contribution in [1.82, 2.24) is 4.90 Å². The highest BCUT2D eigenvalue weighted by molar-refractivity contribution is 5.91. The predicted octanol–water partition coefficient (Wildman–Crippen LogP) is 5.29. The monoisotopic (exact) mass is 351 g/mol. The van der Waals surface area contributed by atoms with Crippen molar-refractivity contribution in [3.63, 3.8) is 0 Å². The average molecular weight is 351 g/mol. The molecule has 1 aliphatic rings. The summed E-state index contributed by atoms with van der Waals surface area (Å²) in [4.78, 5) is 2.56. The van der Waals surface area contributed by atoms with Crippen LogP contribution < -0.4 is 0 Å². The number of phenols is 2.